The molecule has 3 rings (SSSR count). The molecule has 0 aromatic carbocycles. The van der Waals surface area contributed by atoms with Gasteiger partial charge in [0.05, 0.1) is 22.2 Å². The Kier molecular flexibility index (Phi) is 2.60. The van der Waals surface area contributed by atoms with E-state index in [1.165, 1.54) is 0 Å². The van der Waals surface area contributed by atoms with Crippen LogP contribution < -0.4 is 0 Å². The van der Waals surface area contributed by atoms with Gasteiger partial charge in [-0.25, -0.2) is 9.67 Å². The number of rotatable bonds is 1. The van der Waals surface area contributed by atoms with E-state index in [0.717, 1.165) is 15.9 Å². The van der Waals surface area contributed by atoms with Gasteiger partial charge < -0.3 is 4.98 Å². The van der Waals surface area contributed by atoms with Crippen molar-refractivity contribution in [1.29, 1.82) is 0 Å². The van der Waals surface area contributed by atoms with Gasteiger partial charge in [-0.3, -0.25) is 0 Å². The minimum Gasteiger partial charge on any atom is -0.340 e. The van der Waals surface area contributed by atoms with Crippen molar-refractivity contribution in [3.63, 3.8) is 0 Å². The van der Waals surface area contributed by atoms with E-state index < -0.39 is 0 Å². The van der Waals surface area contributed by atoms with Crippen molar-refractivity contribution < 1.29 is 0 Å². The molecule has 3 aromatic heterocycles. The van der Waals surface area contributed by atoms with Gasteiger partial charge in [0.2, 0.25) is 5.28 Å². The van der Waals surface area contributed by atoms with Crippen molar-refractivity contribution in [2.24, 2.45) is 0 Å². The fourth-order valence-electron chi connectivity index (χ4n) is 1.78. The fourth-order valence-corrected chi connectivity index (χ4v) is 2.18. The van der Waals surface area contributed by atoms with E-state index >= 15 is 0 Å². The molecule has 0 saturated heterocycles. The van der Waals surface area contributed by atoms with Crippen molar-refractivity contribution in [2.75, 3.05) is 0 Å². The van der Waals surface area contributed by atoms with Crippen LogP contribution in [0.25, 0.3) is 17.0 Å². The van der Waals surface area contributed by atoms with Gasteiger partial charge in [0.15, 0.2) is 11.5 Å². The third-order valence-corrected chi connectivity index (χ3v) is 3.96. The number of nitrogens with zero attached hydrogens (tertiary/aromatic N) is 5. The van der Waals surface area contributed by atoms with Gasteiger partial charge in [-0.05, 0) is 41.4 Å². The summed E-state index contributed by atoms with van der Waals surface area (Å²) in [6.07, 6.45) is 1.56. The smallest absolute Gasteiger partial charge is 0.226 e. The van der Waals surface area contributed by atoms with Gasteiger partial charge in [-0.2, -0.15) is 15.1 Å². The predicted octanol–water partition coefficient (Wildman–Crippen LogP) is 2.57. The largest absolute Gasteiger partial charge is 0.340 e. The fraction of sp³-hybridized carbons (Fsp3) is 0.200. The van der Waals surface area contributed by atoms with Crippen LogP contribution >= 0.6 is 27.5 Å². The minimum atomic E-state index is 0.147. The monoisotopic (exact) mass is 326 g/mol. The zero-order valence-electron chi connectivity index (χ0n) is 9.57. The summed E-state index contributed by atoms with van der Waals surface area (Å²) >= 11 is 9.39. The molecule has 0 saturated carbocycles. The Morgan fingerprint density at radius 3 is 2.78 bits per heavy atom. The van der Waals surface area contributed by atoms with E-state index in [1.807, 2.05) is 13.8 Å². The summed E-state index contributed by atoms with van der Waals surface area (Å²) in [5, 5.41) is 4.57. The maximum Gasteiger partial charge on any atom is 0.226 e. The number of fused-ring (bicyclic) bond motifs is 1. The second-order valence-electron chi connectivity index (χ2n) is 3.81. The molecule has 3 heterocycles. The van der Waals surface area contributed by atoms with Crippen LogP contribution in [-0.2, 0) is 0 Å². The van der Waals surface area contributed by atoms with Gasteiger partial charge in [0, 0.05) is 0 Å². The molecule has 0 spiro atoms. The third-order valence-electron chi connectivity index (χ3n) is 2.64. The second-order valence-corrected chi connectivity index (χ2v) is 4.95. The topological polar surface area (TPSA) is 72.3 Å². The highest BCUT2D eigenvalue weighted by Crippen LogP contribution is 2.25. The molecule has 0 aliphatic heterocycles. The van der Waals surface area contributed by atoms with Crippen LogP contribution in [0.2, 0.25) is 5.28 Å². The molecule has 0 unspecified atom stereocenters. The number of nitrogens with one attached hydrogen (secondary N) is 1. The summed E-state index contributed by atoms with van der Waals surface area (Å²) in [6.45, 7) is 3.86. The van der Waals surface area contributed by atoms with E-state index in [-0.39, 0.29) is 5.28 Å². The first-order valence-corrected chi connectivity index (χ1v) is 6.33. The lowest BCUT2D eigenvalue weighted by Gasteiger charge is -2.04. The van der Waals surface area contributed by atoms with Crippen LogP contribution in [0.3, 0.4) is 0 Å². The molecule has 6 nitrogen and oxygen atoms in total. The molecule has 0 aliphatic carbocycles. The molecular formula is C10H8BrClN6. The van der Waals surface area contributed by atoms with Gasteiger partial charge in [0.1, 0.15) is 5.52 Å². The number of hydrogen-bond acceptors (Lipinski definition) is 4. The quantitative estimate of drug-likeness (QED) is 0.697. The summed E-state index contributed by atoms with van der Waals surface area (Å²) in [6, 6.07) is 0. The van der Waals surface area contributed by atoms with Crippen LogP contribution in [0.1, 0.15) is 11.4 Å². The summed E-state index contributed by atoms with van der Waals surface area (Å²) in [5.74, 6) is 0.591. The third kappa shape index (κ3) is 1.62. The van der Waals surface area contributed by atoms with E-state index in [4.69, 9.17) is 11.6 Å². The molecule has 0 atom stereocenters. The average Bonchev–Trinajstić information content (AvgIpc) is 2.88. The summed E-state index contributed by atoms with van der Waals surface area (Å²) in [4.78, 5) is 15.3. The number of aromatic amines is 1. The first kappa shape index (κ1) is 11.6. The van der Waals surface area contributed by atoms with Crippen LogP contribution in [0.5, 0.6) is 0 Å². The molecule has 0 bridgehead atoms. The van der Waals surface area contributed by atoms with E-state index in [1.54, 1.807) is 11.0 Å². The molecule has 3 aromatic rings. The Balaban J connectivity index is 2.37. The lowest BCUT2D eigenvalue weighted by Crippen LogP contribution is -2.04. The molecular weight excluding hydrogens is 320 g/mol. The average molecular weight is 328 g/mol. The highest BCUT2D eigenvalue weighted by molar-refractivity contribution is 9.10. The van der Waals surface area contributed by atoms with Crippen molar-refractivity contribution in [3.8, 4) is 5.82 Å². The molecule has 8 heteroatoms. The van der Waals surface area contributed by atoms with Crippen molar-refractivity contribution in [3.05, 3.63) is 27.5 Å². The van der Waals surface area contributed by atoms with Gasteiger partial charge >= 0.3 is 0 Å². The molecule has 92 valence electrons. The summed E-state index contributed by atoms with van der Waals surface area (Å²) in [5.41, 5.74) is 3.05. The summed E-state index contributed by atoms with van der Waals surface area (Å²) < 4.78 is 2.66. The number of H-pyrrole nitrogens is 1. The maximum atomic E-state index is 5.90. The van der Waals surface area contributed by atoms with Crippen LogP contribution in [0, 0.1) is 13.8 Å². The normalized spacial score (nSPS) is 11.3. The minimum absolute atomic E-state index is 0.147. The highest BCUT2D eigenvalue weighted by atomic mass is 79.9. The van der Waals surface area contributed by atoms with Gasteiger partial charge in [-0.1, -0.05) is 0 Å². The zero-order chi connectivity index (χ0) is 12.9. The number of imidazole rings is 1. The van der Waals surface area contributed by atoms with Crippen molar-refractivity contribution in [2.45, 2.75) is 13.8 Å². The Hall–Kier alpha value is -1.47. The number of aromatic nitrogens is 6. The highest BCUT2D eigenvalue weighted by Gasteiger charge is 2.16. The molecule has 0 aliphatic rings. The van der Waals surface area contributed by atoms with Crippen molar-refractivity contribution in [1.82, 2.24) is 29.7 Å². The predicted molar refractivity (Wildman–Crippen MR) is 71.0 cm³/mol. The first-order chi connectivity index (χ1) is 8.58. The molecule has 0 fully saturated rings. The number of aryl methyl sites for hydroxylation is 1. The van der Waals surface area contributed by atoms with Crippen LogP contribution in [-0.4, -0.2) is 29.7 Å². The second kappa shape index (κ2) is 4.03. The Morgan fingerprint density at radius 1 is 1.33 bits per heavy atom. The Bertz CT molecular complexity index is 746. The van der Waals surface area contributed by atoms with Gasteiger partial charge in [-0.15, -0.1) is 0 Å². The van der Waals surface area contributed by atoms with Crippen molar-refractivity contribution >= 4 is 38.7 Å². The Morgan fingerprint density at radius 2 is 2.11 bits per heavy atom. The standard InChI is InChI=1S/C10H8BrClN6/c1-4-6(11)5(2)18(17-4)9-7-8(14-3-13-7)15-10(12)16-9/h3H,1-2H3,(H,13,14,15,16). The van der Waals surface area contributed by atoms with Crippen LogP contribution in [0.4, 0.5) is 0 Å². The molecule has 0 amide bonds. The van der Waals surface area contributed by atoms with Gasteiger partial charge in [0.25, 0.3) is 0 Å². The lowest BCUT2D eigenvalue weighted by molar-refractivity contribution is 0.808. The number of halogens is 2. The zero-order valence-corrected chi connectivity index (χ0v) is 11.9. The van der Waals surface area contributed by atoms with E-state index in [2.05, 4.69) is 41.0 Å². The Labute approximate surface area is 116 Å². The number of hydrogen-bond donors (Lipinski definition) is 1. The molecule has 18 heavy (non-hydrogen) atoms. The van der Waals surface area contributed by atoms with E-state index in [9.17, 15) is 0 Å². The maximum absolute atomic E-state index is 5.90. The van der Waals surface area contributed by atoms with Crippen LogP contribution in [0.15, 0.2) is 10.8 Å². The SMILES string of the molecule is Cc1nn(-c2nc(Cl)nc3nc[nH]c23)c(C)c1Br. The lowest BCUT2D eigenvalue weighted by atomic mass is 10.4. The van der Waals surface area contributed by atoms with E-state index in [0.29, 0.717) is 17.0 Å². The molecule has 0 radical (unpaired) electrons. The first-order valence-electron chi connectivity index (χ1n) is 5.16. The molecule has 1 N–H and O–H groups in total. The summed E-state index contributed by atoms with van der Waals surface area (Å²) in [7, 11) is 0.